The first-order chi connectivity index (χ1) is 26.1. The molecular formula is C49H33N3O. The number of hydrogen-bond donors (Lipinski definition) is 0. The third-order valence-electron chi connectivity index (χ3n) is 10.4. The Kier molecular flexibility index (Phi) is 7.22. The van der Waals surface area contributed by atoms with E-state index in [4.69, 9.17) is 19.4 Å². The SMILES string of the molecule is Cc1ccccc1-c1nc(-c2ccccc2)nc(-c2ccc(-c3cccc(-c4nc5cc6ccccc6cc5c5oc6ccccc6c45)c3)cc2)c1C. The predicted molar refractivity (Wildman–Crippen MR) is 219 cm³/mol. The van der Waals surface area contributed by atoms with Crippen LogP contribution >= 0.6 is 0 Å². The second-order valence-corrected chi connectivity index (χ2v) is 13.7. The average Bonchev–Trinajstić information content (AvgIpc) is 3.61. The van der Waals surface area contributed by atoms with Crippen molar-refractivity contribution in [1.29, 1.82) is 0 Å². The van der Waals surface area contributed by atoms with E-state index in [2.05, 4.69) is 147 Å². The van der Waals surface area contributed by atoms with E-state index in [0.29, 0.717) is 0 Å². The van der Waals surface area contributed by atoms with Crippen molar-refractivity contribution in [3.63, 3.8) is 0 Å². The third-order valence-corrected chi connectivity index (χ3v) is 10.4. The van der Waals surface area contributed by atoms with Crippen molar-refractivity contribution in [1.82, 2.24) is 15.0 Å². The third kappa shape index (κ3) is 5.27. The van der Waals surface area contributed by atoms with Gasteiger partial charge in [0.05, 0.1) is 28.0 Å². The van der Waals surface area contributed by atoms with Gasteiger partial charge >= 0.3 is 0 Å². The fourth-order valence-corrected chi connectivity index (χ4v) is 7.64. The van der Waals surface area contributed by atoms with Crippen LogP contribution < -0.4 is 0 Å². The Morgan fingerprint density at radius 2 is 1.09 bits per heavy atom. The van der Waals surface area contributed by atoms with Gasteiger partial charge in [-0.05, 0) is 65.6 Å². The molecule has 53 heavy (non-hydrogen) atoms. The van der Waals surface area contributed by atoms with E-state index in [1.165, 1.54) is 10.9 Å². The highest BCUT2D eigenvalue weighted by molar-refractivity contribution is 6.20. The van der Waals surface area contributed by atoms with Crippen molar-refractivity contribution in [3.05, 3.63) is 175 Å². The second-order valence-electron chi connectivity index (χ2n) is 13.7. The smallest absolute Gasteiger partial charge is 0.160 e. The van der Waals surface area contributed by atoms with Crippen LogP contribution in [0.3, 0.4) is 0 Å². The first-order valence-corrected chi connectivity index (χ1v) is 17.9. The molecule has 10 aromatic rings. The monoisotopic (exact) mass is 679 g/mol. The van der Waals surface area contributed by atoms with E-state index in [0.717, 1.165) is 100 Å². The quantitative estimate of drug-likeness (QED) is 0.170. The molecule has 0 saturated carbocycles. The first kappa shape index (κ1) is 30.9. The van der Waals surface area contributed by atoms with Crippen LogP contribution in [0.2, 0.25) is 0 Å². The van der Waals surface area contributed by atoms with Gasteiger partial charge in [-0.2, -0.15) is 0 Å². The average molecular weight is 680 g/mol. The molecule has 7 aromatic carbocycles. The van der Waals surface area contributed by atoms with E-state index in [-0.39, 0.29) is 0 Å². The molecule has 0 aliphatic rings. The molecule has 0 aliphatic heterocycles. The van der Waals surface area contributed by atoms with Crippen LogP contribution in [0.15, 0.2) is 168 Å². The summed E-state index contributed by atoms with van der Waals surface area (Å²) in [7, 11) is 0. The lowest BCUT2D eigenvalue weighted by molar-refractivity contribution is 0.672. The highest BCUT2D eigenvalue weighted by Gasteiger charge is 2.20. The molecule has 0 unspecified atom stereocenters. The number of hydrogen-bond acceptors (Lipinski definition) is 4. The molecule has 10 rings (SSSR count). The lowest BCUT2D eigenvalue weighted by Crippen LogP contribution is -2.01. The van der Waals surface area contributed by atoms with Crippen molar-refractivity contribution in [3.8, 4) is 56.3 Å². The van der Waals surface area contributed by atoms with E-state index in [1.807, 2.05) is 30.3 Å². The van der Waals surface area contributed by atoms with E-state index < -0.39 is 0 Å². The van der Waals surface area contributed by atoms with Gasteiger partial charge < -0.3 is 4.42 Å². The molecule has 0 saturated heterocycles. The normalized spacial score (nSPS) is 11.6. The highest BCUT2D eigenvalue weighted by atomic mass is 16.3. The van der Waals surface area contributed by atoms with Crippen LogP contribution in [0.25, 0.3) is 99.9 Å². The van der Waals surface area contributed by atoms with Gasteiger partial charge in [-0.3, -0.25) is 0 Å². The molecule has 3 heterocycles. The number of rotatable bonds is 5. The van der Waals surface area contributed by atoms with Crippen molar-refractivity contribution < 1.29 is 4.42 Å². The zero-order valence-electron chi connectivity index (χ0n) is 29.3. The minimum absolute atomic E-state index is 0.718. The number of benzene rings is 7. The molecule has 4 heteroatoms. The van der Waals surface area contributed by atoms with Gasteiger partial charge in [-0.15, -0.1) is 0 Å². The van der Waals surface area contributed by atoms with Gasteiger partial charge in [0.2, 0.25) is 0 Å². The molecule has 0 radical (unpaired) electrons. The van der Waals surface area contributed by atoms with E-state index in [9.17, 15) is 0 Å². The maximum absolute atomic E-state index is 6.59. The topological polar surface area (TPSA) is 51.8 Å². The van der Waals surface area contributed by atoms with Crippen LogP contribution in [0.5, 0.6) is 0 Å². The number of fused-ring (bicyclic) bond motifs is 6. The summed E-state index contributed by atoms with van der Waals surface area (Å²) in [6.45, 7) is 4.26. The van der Waals surface area contributed by atoms with Crippen LogP contribution in [-0.2, 0) is 0 Å². The predicted octanol–water partition coefficient (Wildman–Crippen LogP) is 13.0. The Balaban J connectivity index is 1.09. The van der Waals surface area contributed by atoms with Gasteiger partial charge in [0.25, 0.3) is 0 Å². The van der Waals surface area contributed by atoms with E-state index in [1.54, 1.807) is 0 Å². The summed E-state index contributed by atoms with van der Waals surface area (Å²) < 4.78 is 6.59. The molecule has 0 bridgehead atoms. The van der Waals surface area contributed by atoms with Crippen LogP contribution in [0.1, 0.15) is 11.1 Å². The summed E-state index contributed by atoms with van der Waals surface area (Å²) in [6.07, 6.45) is 0. The molecule has 0 spiro atoms. The maximum Gasteiger partial charge on any atom is 0.160 e. The molecule has 250 valence electrons. The molecule has 4 nitrogen and oxygen atoms in total. The summed E-state index contributed by atoms with van der Waals surface area (Å²) in [4.78, 5) is 15.6. The summed E-state index contributed by atoms with van der Waals surface area (Å²) in [6, 6.07) is 57.1. The Hall–Kier alpha value is -6.91. The van der Waals surface area contributed by atoms with Crippen molar-refractivity contribution in [2.24, 2.45) is 0 Å². The standard InChI is InChI=1S/C49H33N3O/c1-30-13-6-9-20-39(30)46-31(2)45(51-49(52-46)34-14-4-3-5-15-34)33-25-23-32(24-26-33)35-18-12-19-38(27-35)47-44-40-21-10-11-22-43(40)53-48(44)41-28-36-16-7-8-17-37(36)29-42(41)50-47/h3-29H,1-2H3. The molecule has 3 aromatic heterocycles. The number of furan rings is 1. The molecule has 0 amide bonds. The highest BCUT2D eigenvalue weighted by Crippen LogP contribution is 2.41. The van der Waals surface area contributed by atoms with Gasteiger partial charge in [-0.25, -0.2) is 15.0 Å². The number of nitrogens with zero attached hydrogens (tertiary/aromatic N) is 3. The Labute approximate surface area is 307 Å². The van der Waals surface area contributed by atoms with Gasteiger partial charge in [0, 0.05) is 38.6 Å². The molecule has 0 atom stereocenters. The molecular weight excluding hydrogens is 647 g/mol. The maximum atomic E-state index is 6.59. The number of aryl methyl sites for hydroxylation is 1. The summed E-state index contributed by atoms with van der Waals surface area (Å²) in [5.41, 5.74) is 14.1. The van der Waals surface area contributed by atoms with Crippen molar-refractivity contribution in [2.45, 2.75) is 13.8 Å². The summed E-state index contributed by atoms with van der Waals surface area (Å²) in [5.74, 6) is 0.718. The Morgan fingerprint density at radius 1 is 0.434 bits per heavy atom. The van der Waals surface area contributed by atoms with Gasteiger partial charge in [0.15, 0.2) is 5.82 Å². The number of para-hydroxylation sites is 1. The van der Waals surface area contributed by atoms with Crippen molar-refractivity contribution >= 4 is 43.6 Å². The Bertz CT molecular complexity index is 3020. The Morgan fingerprint density at radius 3 is 1.92 bits per heavy atom. The van der Waals surface area contributed by atoms with Gasteiger partial charge in [-0.1, -0.05) is 140 Å². The lowest BCUT2D eigenvalue weighted by Gasteiger charge is -2.15. The number of aromatic nitrogens is 3. The number of pyridine rings is 1. The second kappa shape index (κ2) is 12.4. The minimum Gasteiger partial charge on any atom is -0.455 e. The van der Waals surface area contributed by atoms with Crippen LogP contribution in [0.4, 0.5) is 0 Å². The molecule has 0 aliphatic carbocycles. The van der Waals surface area contributed by atoms with Crippen molar-refractivity contribution in [2.75, 3.05) is 0 Å². The molecule has 0 fully saturated rings. The fraction of sp³-hybridized carbons (Fsp3) is 0.0408. The minimum atomic E-state index is 0.718. The van der Waals surface area contributed by atoms with Crippen LogP contribution in [-0.4, -0.2) is 15.0 Å². The largest absolute Gasteiger partial charge is 0.455 e. The van der Waals surface area contributed by atoms with E-state index >= 15 is 0 Å². The van der Waals surface area contributed by atoms with Crippen LogP contribution in [0, 0.1) is 13.8 Å². The lowest BCUT2D eigenvalue weighted by atomic mass is 9.95. The summed E-state index contributed by atoms with van der Waals surface area (Å²) in [5, 5.41) is 5.44. The molecule has 0 N–H and O–H groups in total. The van der Waals surface area contributed by atoms with Gasteiger partial charge in [0.1, 0.15) is 11.2 Å². The summed E-state index contributed by atoms with van der Waals surface area (Å²) >= 11 is 0. The first-order valence-electron chi connectivity index (χ1n) is 17.9. The fourth-order valence-electron chi connectivity index (χ4n) is 7.64. The zero-order chi connectivity index (χ0) is 35.5. The zero-order valence-corrected chi connectivity index (χ0v) is 29.3.